The van der Waals surface area contributed by atoms with Crippen LogP contribution < -0.4 is 15.5 Å². The highest BCUT2D eigenvalue weighted by molar-refractivity contribution is 6.39. The molecule has 1 aromatic heterocycles. The highest BCUT2D eigenvalue weighted by atomic mass is 16.2. The fourth-order valence-corrected chi connectivity index (χ4v) is 3.97. The van der Waals surface area contributed by atoms with E-state index in [-0.39, 0.29) is 11.5 Å². The Morgan fingerprint density at radius 1 is 0.912 bits per heavy atom. The number of carbonyl (C=O) groups is 4. The molecule has 0 aliphatic carbocycles. The molecule has 8 nitrogen and oxygen atoms in total. The van der Waals surface area contributed by atoms with Crippen molar-refractivity contribution >= 4 is 41.2 Å². The van der Waals surface area contributed by atoms with Crippen molar-refractivity contribution < 1.29 is 19.2 Å². The predicted octanol–water partition coefficient (Wildman–Crippen LogP) is 4.03. The second-order valence-electron chi connectivity index (χ2n) is 8.18. The molecule has 2 heterocycles. The van der Waals surface area contributed by atoms with Gasteiger partial charge in [0.15, 0.2) is 0 Å². The van der Waals surface area contributed by atoms with Crippen molar-refractivity contribution in [3.05, 3.63) is 82.7 Å². The number of hydrogen-bond acceptors (Lipinski definition) is 4. The van der Waals surface area contributed by atoms with Gasteiger partial charge in [0.2, 0.25) is 5.91 Å². The van der Waals surface area contributed by atoms with Crippen LogP contribution in [0.3, 0.4) is 0 Å². The van der Waals surface area contributed by atoms with E-state index in [9.17, 15) is 19.2 Å². The fourth-order valence-electron chi connectivity index (χ4n) is 3.97. The van der Waals surface area contributed by atoms with Gasteiger partial charge in [0.25, 0.3) is 11.8 Å². The Morgan fingerprint density at radius 3 is 2.15 bits per heavy atom. The number of barbiturate groups is 1. The van der Waals surface area contributed by atoms with Crippen LogP contribution in [0.1, 0.15) is 29.4 Å². The lowest BCUT2D eigenvalue weighted by atomic mass is 10.1. The lowest BCUT2D eigenvalue weighted by molar-refractivity contribution is -0.122. The number of nitrogens with one attached hydrogen (secondary N) is 2. The Labute approximate surface area is 196 Å². The fraction of sp³-hybridized carbons (Fsp3) is 0.154. The molecular weight excluding hydrogens is 432 g/mol. The Balaban J connectivity index is 1.70. The van der Waals surface area contributed by atoms with E-state index >= 15 is 0 Å². The van der Waals surface area contributed by atoms with Crippen molar-refractivity contribution in [3.63, 3.8) is 0 Å². The Bertz CT molecular complexity index is 1350. The summed E-state index contributed by atoms with van der Waals surface area (Å²) < 4.78 is 1.98. The molecule has 2 aromatic carbocycles. The third-order valence-electron chi connectivity index (χ3n) is 5.61. The third-order valence-corrected chi connectivity index (χ3v) is 5.61. The molecule has 1 saturated heterocycles. The number of carbonyl (C=O) groups excluding carboxylic acids is 4. The SMILES string of the molecule is CC(=O)Nc1ccc(-n2c(C)cc(/C=C3/C(=O)NC(=O)N(c4ccc(C)cc4)C3=O)c2C)cc1. The number of hydrogen-bond donors (Lipinski definition) is 2. The number of rotatable bonds is 4. The number of anilines is 2. The lowest BCUT2D eigenvalue weighted by Crippen LogP contribution is -2.54. The van der Waals surface area contributed by atoms with E-state index in [2.05, 4.69) is 10.6 Å². The van der Waals surface area contributed by atoms with E-state index in [0.29, 0.717) is 16.9 Å². The van der Waals surface area contributed by atoms with E-state index in [1.165, 1.54) is 13.0 Å². The minimum Gasteiger partial charge on any atom is -0.326 e. The van der Waals surface area contributed by atoms with Crippen LogP contribution in [0.15, 0.2) is 60.2 Å². The molecule has 4 rings (SSSR count). The summed E-state index contributed by atoms with van der Waals surface area (Å²) in [4.78, 5) is 50.4. The number of imide groups is 2. The first-order valence-electron chi connectivity index (χ1n) is 10.7. The van der Waals surface area contributed by atoms with E-state index in [1.807, 2.05) is 43.5 Å². The summed E-state index contributed by atoms with van der Waals surface area (Å²) in [6, 6.07) is 15.4. The third kappa shape index (κ3) is 4.25. The summed E-state index contributed by atoms with van der Waals surface area (Å²) in [5, 5.41) is 4.99. The van der Waals surface area contributed by atoms with Gasteiger partial charge in [-0.3, -0.25) is 19.7 Å². The van der Waals surface area contributed by atoms with E-state index < -0.39 is 17.8 Å². The monoisotopic (exact) mass is 456 g/mol. The normalized spacial score (nSPS) is 15.0. The van der Waals surface area contributed by atoms with Crippen molar-refractivity contribution in [2.24, 2.45) is 0 Å². The number of urea groups is 1. The maximum atomic E-state index is 13.2. The average molecular weight is 457 g/mol. The molecule has 0 radical (unpaired) electrons. The summed E-state index contributed by atoms with van der Waals surface area (Å²) in [5.74, 6) is -1.56. The second-order valence-corrected chi connectivity index (χ2v) is 8.18. The van der Waals surface area contributed by atoms with Crippen LogP contribution in [0, 0.1) is 20.8 Å². The van der Waals surface area contributed by atoms with Crippen LogP contribution in [0.2, 0.25) is 0 Å². The summed E-state index contributed by atoms with van der Waals surface area (Å²) in [7, 11) is 0. The zero-order valence-electron chi connectivity index (χ0n) is 19.3. The van der Waals surface area contributed by atoms with E-state index in [4.69, 9.17) is 0 Å². The average Bonchev–Trinajstić information content (AvgIpc) is 3.05. The quantitative estimate of drug-likeness (QED) is 0.457. The van der Waals surface area contributed by atoms with E-state index in [1.54, 1.807) is 36.4 Å². The Hall–Kier alpha value is -4.46. The Kier molecular flexibility index (Phi) is 5.89. The lowest BCUT2D eigenvalue weighted by Gasteiger charge is -2.26. The Morgan fingerprint density at radius 2 is 1.53 bits per heavy atom. The van der Waals surface area contributed by atoms with Crippen LogP contribution >= 0.6 is 0 Å². The maximum absolute atomic E-state index is 13.2. The minimum atomic E-state index is -0.777. The van der Waals surface area contributed by atoms with Crippen LogP contribution in [-0.4, -0.2) is 28.3 Å². The predicted molar refractivity (Wildman–Crippen MR) is 130 cm³/mol. The van der Waals surface area contributed by atoms with Gasteiger partial charge in [-0.05, 0) is 74.9 Å². The van der Waals surface area contributed by atoms with Crippen molar-refractivity contribution in [1.29, 1.82) is 0 Å². The van der Waals surface area contributed by atoms with Gasteiger partial charge in [-0.25, -0.2) is 9.69 Å². The smallest absolute Gasteiger partial charge is 0.326 e. The van der Waals surface area contributed by atoms with Crippen molar-refractivity contribution in [2.75, 3.05) is 10.2 Å². The summed E-state index contributed by atoms with van der Waals surface area (Å²) in [5.41, 5.74) is 5.19. The molecule has 1 aliphatic heterocycles. The zero-order chi connectivity index (χ0) is 24.6. The number of aryl methyl sites for hydroxylation is 2. The molecule has 0 spiro atoms. The molecule has 3 aromatic rings. The van der Waals surface area contributed by atoms with E-state index in [0.717, 1.165) is 27.5 Å². The van der Waals surface area contributed by atoms with Crippen LogP contribution in [0.5, 0.6) is 0 Å². The molecule has 1 aliphatic rings. The van der Waals surface area contributed by atoms with Crippen LogP contribution in [0.25, 0.3) is 11.8 Å². The molecule has 5 amide bonds. The standard InChI is InChI=1S/C26H24N4O4/c1-15-5-9-22(10-6-15)30-25(33)23(24(32)28-26(30)34)14-19-13-16(2)29(17(19)3)21-11-7-20(8-12-21)27-18(4)31/h5-14H,1-4H3,(H,27,31)(H,28,32,34)/b23-14-. The minimum absolute atomic E-state index is 0.124. The van der Waals surface area contributed by atoms with Crippen molar-refractivity contribution in [2.45, 2.75) is 27.7 Å². The van der Waals surface area contributed by atoms with Gasteiger partial charge in [0.05, 0.1) is 5.69 Å². The second kappa shape index (κ2) is 8.82. The number of benzene rings is 2. The number of aromatic nitrogens is 1. The molecule has 0 saturated carbocycles. The molecule has 2 N–H and O–H groups in total. The molecule has 0 atom stereocenters. The van der Waals surface area contributed by atoms with Crippen LogP contribution in [-0.2, 0) is 14.4 Å². The topological polar surface area (TPSA) is 101 Å². The highest BCUT2D eigenvalue weighted by Crippen LogP contribution is 2.26. The first-order chi connectivity index (χ1) is 16.2. The largest absolute Gasteiger partial charge is 0.335 e. The maximum Gasteiger partial charge on any atom is 0.335 e. The van der Waals surface area contributed by atoms with Gasteiger partial charge >= 0.3 is 6.03 Å². The molecule has 1 fully saturated rings. The molecule has 172 valence electrons. The van der Waals surface area contributed by atoms with Gasteiger partial charge < -0.3 is 9.88 Å². The van der Waals surface area contributed by atoms with Gasteiger partial charge in [-0.2, -0.15) is 0 Å². The highest BCUT2D eigenvalue weighted by Gasteiger charge is 2.37. The molecular formula is C26H24N4O4. The summed E-state index contributed by atoms with van der Waals surface area (Å²) in [6.07, 6.45) is 1.51. The first kappa shape index (κ1) is 22.7. The molecule has 0 bridgehead atoms. The molecule has 8 heteroatoms. The molecule has 34 heavy (non-hydrogen) atoms. The summed E-state index contributed by atoms with van der Waals surface area (Å²) in [6.45, 7) is 7.15. The van der Waals surface area contributed by atoms with Gasteiger partial charge in [-0.1, -0.05) is 17.7 Å². The summed E-state index contributed by atoms with van der Waals surface area (Å²) >= 11 is 0. The van der Waals surface area contributed by atoms with Gasteiger partial charge in [0.1, 0.15) is 5.57 Å². The van der Waals surface area contributed by atoms with Gasteiger partial charge in [0, 0.05) is 29.7 Å². The van der Waals surface area contributed by atoms with Crippen molar-refractivity contribution in [1.82, 2.24) is 9.88 Å². The number of nitrogens with zero attached hydrogens (tertiary/aromatic N) is 2. The zero-order valence-corrected chi connectivity index (χ0v) is 19.3. The first-order valence-corrected chi connectivity index (χ1v) is 10.7. The van der Waals surface area contributed by atoms with Crippen LogP contribution in [0.4, 0.5) is 16.2 Å². The number of amides is 5. The van der Waals surface area contributed by atoms with Crippen molar-refractivity contribution in [3.8, 4) is 5.69 Å². The van der Waals surface area contributed by atoms with Gasteiger partial charge in [-0.15, -0.1) is 0 Å². The molecule has 0 unspecified atom stereocenters.